The molecule has 3 aromatic rings. The molecule has 0 fully saturated rings. The summed E-state index contributed by atoms with van der Waals surface area (Å²) in [5.41, 5.74) is 5.21. The molecular weight excluding hydrogens is 374 g/mol. The van der Waals surface area contributed by atoms with Crippen molar-refractivity contribution in [2.24, 2.45) is 0 Å². The minimum Gasteiger partial charge on any atom is -0.497 e. The Labute approximate surface area is 166 Å². The second-order valence-corrected chi connectivity index (χ2v) is 8.35. The van der Waals surface area contributed by atoms with E-state index in [0.29, 0.717) is 28.6 Å². The van der Waals surface area contributed by atoms with Crippen molar-refractivity contribution in [2.75, 3.05) is 12.4 Å². The van der Waals surface area contributed by atoms with Crippen LogP contribution in [0.3, 0.4) is 0 Å². The van der Waals surface area contributed by atoms with Gasteiger partial charge in [0.15, 0.2) is 0 Å². The molecule has 0 saturated heterocycles. The number of carbonyl (C=O) groups is 1. The van der Waals surface area contributed by atoms with Gasteiger partial charge in [-0.2, -0.15) is 5.10 Å². The first kappa shape index (κ1) is 18.4. The summed E-state index contributed by atoms with van der Waals surface area (Å²) in [6.45, 7) is 4.05. The van der Waals surface area contributed by atoms with Gasteiger partial charge in [0.05, 0.1) is 30.0 Å². The fourth-order valence-corrected chi connectivity index (χ4v) is 4.68. The van der Waals surface area contributed by atoms with E-state index in [4.69, 9.17) is 4.74 Å². The lowest BCUT2D eigenvalue weighted by atomic mass is 10.1. The molecule has 28 heavy (non-hydrogen) atoms. The van der Waals surface area contributed by atoms with E-state index < -0.39 is 10.8 Å². The standard InChI is InChI=1S/C21H21N3O3S/c1-13-7-8-19(14(2)9-13)24-20(17-11-28(26)12-18(17)23-24)22-21(25)15-5-4-6-16(10-15)27-3/h4-10H,11-12H2,1-3H3,(H,22,25)/t28-/m0/s1. The Balaban J connectivity index is 1.77. The van der Waals surface area contributed by atoms with Crippen LogP contribution in [0.5, 0.6) is 5.75 Å². The zero-order chi connectivity index (χ0) is 19.8. The first-order valence-corrected chi connectivity index (χ1v) is 10.4. The topological polar surface area (TPSA) is 73.2 Å². The van der Waals surface area contributed by atoms with Crippen molar-refractivity contribution in [1.82, 2.24) is 9.78 Å². The summed E-state index contributed by atoms with van der Waals surface area (Å²) >= 11 is 0. The van der Waals surface area contributed by atoms with Gasteiger partial charge in [0.1, 0.15) is 11.6 Å². The van der Waals surface area contributed by atoms with Gasteiger partial charge < -0.3 is 10.1 Å². The molecule has 0 radical (unpaired) electrons. The number of nitrogens with one attached hydrogen (secondary N) is 1. The first-order valence-electron chi connectivity index (χ1n) is 8.95. The lowest BCUT2D eigenvalue weighted by Gasteiger charge is -2.14. The third-order valence-electron chi connectivity index (χ3n) is 4.81. The Bertz CT molecular complexity index is 1100. The molecule has 7 heteroatoms. The summed E-state index contributed by atoms with van der Waals surface area (Å²) in [5.74, 6) is 1.75. The van der Waals surface area contributed by atoms with Gasteiger partial charge in [0, 0.05) is 21.9 Å². The average molecular weight is 395 g/mol. The number of benzene rings is 2. The number of hydrogen-bond donors (Lipinski definition) is 1. The van der Waals surface area contributed by atoms with Crippen molar-refractivity contribution in [3.8, 4) is 11.4 Å². The molecule has 1 aliphatic heterocycles. The molecule has 0 aliphatic carbocycles. The number of rotatable bonds is 4. The van der Waals surface area contributed by atoms with Crippen LogP contribution in [0, 0.1) is 13.8 Å². The summed E-state index contributed by atoms with van der Waals surface area (Å²) in [7, 11) is 0.580. The van der Waals surface area contributed by atoms with Crippen LogP contribution >= 0.6 is 0 Å². The third-order valence-corrected chi connectivity index (χ3v) is 6.02. The first-order chi connectivity index (χ1) is 13.5. The molecule has 0 bridgehead atoms. The lowest BCUT2D eigenvalue weighted by Crippen LogP contribution is -2.17. The number of methoxy groups -OCH3 is 1. The van der Waals surface area contributed by atoms with E-state index in [9.17, 15) is 9.00 Å². The second-order valence-electron chi connectivity index (χ2n) is 6.89. The van der Waals surface area contributed by atoms with Crippen molar-refractivity contribution >= 4 is 22.5 Å². The van der Waals surface area contributed by atoms with E-state index in [0.717, 1.165) is 28.1 Å². The Morgan fingerprint density at radius 2 is 2.00 bits per heavy atom. The summed E-state index contributed by atoms with van der Waals surface area (Å²) in [4.78, 5) is 12.9. The molecule has 4 rings (SSSR count). The van der Waals surface area contributed by atoms with E-state index in [1.165, 1.54) is 0 Å². The SMILES string of the molecule is COc1cccc(C(=O)Nc2c3c(nn2-c2ccc(C)cc2C)C[S@@](=O)C3)c1. The predicted molar refractivity (Wildman–Crippen MR) is 110 cm³/mol. The number of anilines is 1. The fourth-order valence-electron chi connectivity index (χ4n) is 3.42. The number of hydrogen-bond acceptors (Lipinski definition) is 4. The number of ether oxygens (including phenoxy) is 1. The quantitative estimate of drug-likeness (QED) is 0.734. The molecule has 6 nitrogen and oxygen atoms in total. The van der Waals surface area contributed by atoms with Gasteiger partial charge >= 0.3 is 0 Å². The molecule has 1 aromatic heterocycles. The number of aryl methyl sites for hydroxylation is 2. The zero-order valence-corrected chi connectivity index (χ0v) is 16.8. The Kier molecular flexibility index (Phi) is 4.77. The highest BCUT2D eigenvalue weighted by molar-refractivity contribution is 7.83. The van der Waals surface area contributed by atoms with Crippen LogP contribution < -0.4 is 10.1 Å². The minimum atomic E-state index is -0.984. The van der Waals surface area contributed by atoms with E-state index in [1.54, 1.807) is 36.1 Å². The Morgan fingerprint density at radius 1 is 1.18 bits per heavy atom. The van der Waals surface area contributed by atoms with Gasteiger partial charge in [0.2, 0.25) is 0 Å². The van der Waals surface area contributed by atoms with Crippen molar-refractivity contribution in [3.63, 3.8) is 0 Å². The minimum absolute atomic E-state index is 0.259. The number of carbonyl (C=O) groups excluding carboxylic acids is 1. The van der Waals surface area contributed by atoms with Crippen LogP contribution in [0.1, 0.15) is 32.7 Å². The van der Waals surface area contributed by atoms with Gasteiger partial charge in [0.25, 0.3) is 5.91 Å². The van der Waals surface area contributed by atoms with Gasteiger partial charge in [-0.15, -0.1) is 0 Å². The zero-order valence-electron chi connectivity index (χ0n) is 16.0. The molecule has 1 amide bonds. The van der Waals surface area contributed by atoms with Gasteiger partial charge in [-0.3, -0.25) is 9.00 Å². The second kappa shape index (κ2) is 7.24. The molecule has 144 valence electrons. The fraction of sp³-hybridized carbons (Fsp3) is 0.238. The maximum atomic E-state index is 12.9. The maximum Gasteiger partial charge on any atom is 0.256 e. The van der Waals surface area contributed by atoms with Crippen LogP contribution in [0.25, 0.3) is 5.69 Å². The third kappa shape index (κ3) is 3.33. The monoisotopic (exact) mass is 395 g/mol. The molecule has 1 aliphatic rings. The summed E-state index contributed by atoms with van der Waals surface area (Å²) in [5, 5.41) is 7.66. The van der Waals surface area contributed by atoms with Crippen LogP contribution in [-0.2, 0) is 22.3 Å². The smallest absolute Gasteiger partial charge is 0.256 e. The predicted octanol–water partition coefficient (Wildman–Crippen LogP) is 3.51. The Morgan fingerprint density at radius 3 is 2.75 bits per heavy atom. The Hall–Kier alpha value is -2.93. The summed E-state index contributed by atoms with van der Waals surface area (Å²) in [6.07, 6.45) is 0. The lowest BCUT2D eigenvalue weighted by molar-refractivity contribution is 0.102. The van der Waals surface area contributed by atoms with Crippen molar-refractivity contribution < 1.29 is 13.7 Å². The maximum absolute atomic E-state index is 12.9. The molecule has 2 aromatic carbocycles. The highest BCUT2D eigenvalue weighted by atomic mass is 32.2. The van der Waals surface area contributed by atoms with Crippen LogP contribution in [-0.4, -0.2) is 27.0 Å². The molecule has 1 N–H and O–H groups in total. The number of nitrogens with zero attached hydrogens (tertiary/aromatic N) is 2. The highest BCUT2D eigenvalue weighted by Crippen LogP contribution is 2.32. The molecule has 2 heterocycles. The molecular formula is C21H21N3O3S. The average Bonchev–Trinajstić information content (AvgIpc) is 3.19. The number of aromatic nitrogens is 2. The molecule has 0 spiro atoms. The summed E-state index contributed by atoms with van der Waals surface area (Å²) in [6, 6.07) is 13.1. The van der Waals surface area contributed by atoms with E-state index in [-0.39, 0.29) is 5.91 Å². The van der Waals surface area contributed by atoms with E-state index in [2.05, 4.69) is 16.5 Å². The van der Waals surface area contributed by atoms with E-state index >= 15 is 0 Å². The number of amides is 1. The van der Waals surface area contributed by atoms with Crippen LogP contribution in [0.2, 0.25) is 0 Å². The highest BCUT2D eigenvalue weighted by Gasteiger charge is 2.29. The largest absolute Gasteiger partial charge is 0.497 e. The molecule has 0 saturated carbocycles. The molecule has 1 atom stereocenters. The molecule has 0 unspecified atom stereocenters. The normalized spacial score (nSPS) is 15.3. The van der Waals surface area contributed by atoms with Crippen LogP contribution in [0.15, 0.2) is 42.5 Å². The van der Waals surface area contributed by atoms with Gasteiger partial charge in [-0.05, 0) is 43.7 Å². The van der Waals surface area contributed by atoms with E-state index in [1.807, 2.05) is 26.0 Å². The number of fused-ring (bicyclic) bond motifs is 1. The van der Waals surface area contributed by atoms with Crippen molar-refractivity contribution in [3.05, 3.63) is 70.4 Å². The van der Waals surface area contributed by atoms with Crippen molar-refractivity contribution in [2.45, 2.75) is 25.4 Å². The van der Waals surface area contributed by atoms with Crippen molar-refractivity contribution in [1.29, 1.82) is 0 Å². The van der Waals surface area contributed by atoms with Gasteiger partial charge in [-0.1, -0.05) is 23.8 Å². The summed E-state index contributed by atoms with van der Waals surface area (Å²) < 4.78 is 19.0. The van der Waals surface area contributed by atoms with Crippen LogP contribution in [0.4, 0.5) is 5.82 Å². The van der Waals surface area contributed by atoms with Gasteiger partial charge in [-0.25, -0.2) is 4.68 Å².